The molecule has 1 aromatic rings. The average Bonchev–Trinajstić information content (AvgIpc) is 2.65. The molecule has 0 saturated heterocycles. The Morgan fingerprint density at radius 3 is 2.53 bits per heavy atom. The standard InChI is InChI=1S/C15H20O2/c1-2-4-6-12(5-3-1)9-13-7-8-14-15(10-13)17-11-16-14/h7-8,10,12H,1-6,9,11H2. The first kappa shape index (κ1) is 10.9. The summed E-state index contributed by atoms with van der Waals surface area (Å²) < 4.78 is 10.8. The van der Waals surface area contributed by atoms with Crippen molar-refractivity contribution in [3.63, 3.8) is 0 Å². The van der Waals surface area contributed by atoms with E-state index in [1.54, 1.807) is 0 Å². The highest BCUT2D eigenvalue weighted by Gasteiger charge is 2.16. The molecule has 0 radical (unpaired) electrons. The van der Waals surface area contributed by atoms with Gasteiger partial charge in [-0.25, -0.2) is 0 Å². The molecule has 0 atom stereocenters. The Kier molecular flexibility index (Phi) is 3.21. The monoisotopic (exact) mass is 232 g/mol. The fourth-order valence-corrected chi connectivity index (χ4v) is 2.97. The zero-order chi connectivity index (χ0) is 11.5. The van der Waals surface area contributed by atoms with Gasteiger partial charge in [-0.3, -0.25) is 0 Å². The number of rotatable bonds is 2. The van der Waals surface area contributed by atoms with Crippen LogP contribution in [0.4, 0.5) is 0 Å². The van der Waals surface area contributed by atoms with Crippen molar-refractivity contribution >= 4 is 0 Å². The van der Waals surface area contributed by atoms with Crippen LogP contribution >= 0.6 is 0 Å². The molecule has 0 N–H and O–H groups in total. The molecule has 17 heavy (non-hydrogen) atoms. The van der Waals surface area contributed by atoms with Gasteiger partial charge in [0.25, 0.3) is 0 Å². The number of hydrogen-bond acceptors (Lipinski definition) is 2. The van der Waals surface area contributed by atoms with Crippen molar-refractivity contribution in [3.8, 4) is 11.5 Å². The van der Waals surface area contributed by atoms with Gasteiger partial charge in [-0.2, -0.15) is 0 Å². The summed E-state index contributed by atoms with van der Waals surface area (Å²) in [5.74, 6) is 2.70. The maximum atomic E-state index is 5.43. The Morgan fingerprint density at radius 2 is 1.71 bits per heavy atom. The van der Waals surface area contributed by atoms with Crippen LogP contribution in [0.2, 0.25) is 0 Å². The SMILES string of the molecule is c1cc2c(cc1CC1CCCCCC1)OCO2. The van der Waals surface area contributed by atoms with E-state index in [-0.39, 0.29) is 0 Å². The Morgan fingerprint density at radius 1 is 0.941 bits per heavy atom. The zero-order valence-corrected chi connectivity index (χ0v) is 10.3. The van der Waals surface area contributed by atoms with Gasteiger partial charge in [0.15, 0.2) is 11.5 Å². The van der Waals surface area contributed by atoms with E-state index in [2.05, 4.69) is 12.1 Å². The van der Waals surface area contributed by atoms with E-state index in [1.165, 1.54) is 50.5 Å². The van der Waals surface area contributed by atoms with Gasteiger partial charge >= 0.3 is 0 Å². The van der Waals surface area contributed by atoms with Gasteiger partial charge in [-0.1, -0.05) is 44.6 Å². The Bertz CT molecular complexity index is 379. The molecule has 1 aromatic carbocycles. The van der Waals surface area contributed by atoms with Gasteiger partial charge in [0.1, 0.15) is 0 Å². The minimum absolute atomic E-state index is 0.377. The molecule has 0 spiro atoms. The smallest absolute Gasteiger partial charge is 0.231 e. The van der Waals surface area contributed by atoms with Crippen LogP contribution in [0.5, 0.6) is 11.5 Å². The van der Waals surface area contributed by atoms with Gasteiger partial charge in [0, 0.05) is 0 Å². The molecule has 1 aliphatic carbocycles. The van der Waals surface area contributed by atoms with Gasteiger partial charge in [0.2, 0.25) is 6.79 Å². The van der Waals surface area contributed by atoms with Crippen molar-refractivity contribution < 1.29 is 9.47 Å². The summed E-state index contributed by atoms with van der Waals surface area (Å²) in [6.07, 6.45) is 9.68. The van der Waals surface area contributed by atoms with E-state index in [0.717, 1.165) is 17.4 Å². The van der Waals surface area contributed by atoms with Crippen LogP contribution in [0, 0.1) is 5.92 Å². The molecule has 3 rings (SSSR count). The summed E-state index contributed by atoms with van der Waals surface area (Å²) in [4.78, 5) is 0. The highest BCUT2D eigenvalue weighted by molar-refractivity contribution is 5.44. The lowest BCUT2D eigenvalue weighted by atomic mass is 9.92. The first-order valence-corrected chi connectivity index (χ1v) is 6.80. The molecule has 2 aliphatic rings. The number of benzene rings is 1. The molecule has 1 fully saturated rings. The minimum atomic E-state index is 0.377. The second-order valence-corrected chi connectivity index (χ2v) is 5.25. The van der Waals surface area contributed by atoms with E-state index < -0.39 is 0 Å². The van der Waals surface area contributed by atoms with Crippen molar-refractivity contribution in [2.24, 2.45) is 5.92 Å². The largest absolute Gasteiger partial charge is 0.454 e. The third kappa shape index (κ3) is 2.56. The summed E-state index contributed by atoms with van der Waals surface area (Å²) in [6, 6.07) is 6.40. The van der Waals surface area contributed by atoms with Crippen molar-refractivity contribution in [2.45, 2.75) is 44.9 Å². The van der Waals surface area contributed by atoms with E-state index in [1.807, 2.05) is 6.07 Å². The summed E-state index contributed by atoms with van der Waals surface area (Å²) in [5.41, 5.74) is 1.40. The normalized spacial score (nSPS) is 20.2. The van der Waals surface area contributed by atoms with Crippen LogP contribution in [0.15, 0.2) is 18.2 Å². The van der Waals surface area contributed by atoms with E-state index in [4.69, 9.17) is 9.47 Å². The number of hydrogen-bond donors (Lipinski definition) is 0. The Balaban J connectivity index is 1.67. The fourth-order valence-electron chi connectivity index (χ4n) is 2.97. The van der Waals surface area contributed by atoms with E-state index in [0.29, 0.717) is 6.79 Å². The molecule has 1 heterocycles. The molecule has 0 unspecified atom stereocenters. The maximum absolute atomic E-state index is 5.43. The summed E-state index contributed by atoms with van der Waals surface area (Å²) in [5, 5.41) is 0. The first-order chi connectivity index (χ1) is 8.42. The Hall–Kier alpha value is -1.18. The second kappa shape index (κ2) is 4.99. The average molecular weight is 232 g/mol. The van der Waals surface area contributed by atoms with Crippen LogP contribution < -0.4 is 9.47 Å². The lowest BCUT2D eigenvalue weighted by Gasteiger charge is -2.14. The molecule has 0 amide bonds. The van der Waals surface area contributed by atoms with Crippen molar-refractivity contribution in [3.05, 3.63) is 23.8 Å². The fraction of sp³-hybridized carbons (Fsp3) is 0.600. The molecule has 0 aromatic heterocycles. The highest BCUT2D eigenvalue weighted by atomic mass is 16.7. The van der Waals surface area contributed by atoms with Crippen LogP contribution in [0.25, 0.3) is 0 Å². The molecule has 2 nitrogen and oxygen atoms in total. The molecule has 0 bridgehead atoms. The number of fused-ring (bicyclic) bond motifs is 1. The summed E-state index contributed by atoms with van der Waals surface area (Å²) in [6.45, 7) is 0.377. The van der Waals surface area contributed by atoms with Crippen molar-refractivity contribution in [2.75, 3.05) is 6.79 Å². The predicted molar refractivity (Wildman–Crippen MR) is 67.5 cm³/mol. The van der Waals surface area contributed by atoms with E-state index >= 15 is 0 Å². The summed E-state index contributed by atoms with van der Waals surface area (Å²) >= 11 is 0. The predicted octanol–water partition coefficient (Wildman–Crippen LogP) is 3.93. The number of ether oxygens (including phenoxy) is 2. The zero-order valence-electron chi connectivity index (χ0n) is 10.3. The molecule has 1 aliphatic heterocycles. The molecule has 1 saturated carbocycles. The van der Waals surface area contributed by atoms with Crippen LogP contribution in [0.3, 0.4) is 0 Å². The lowest BCUT2D eigenvalue weighted by molar-refractivity contribution is 0.174. The van der Waals surface area contributed by atoms with Crippen molar-refractivity contribution in [1.82, 2.24) is 0 Å². The van der Waals surface area contributed by atoms with Crippen LogP contribution in [0.1, 0.15) is 44.1 Å². The second-order valence-electron chi connectivity index (χ2n) is 5.25. The Labute approximate surface area is 103 Å². The van der Waals surface area contributed by atoms with Gasteiger partial charge in [-0.05, 0) is 30.0 Å². The van der Waals surface area contributed by atoms with Crippen LogP contribution in [-0.4, -0.2) is 6.79 Å². The first-order valence-electron chi connectivity index (χ1n) is 6.80. The highest BCUT2D eigenvalue weighted by Crippen LogP contribution is 2.34. The molecular formula is C15H20O2. The topological polar surface area (TPSA) is 18.5 Å². The maximum Gasteiger partial charge on any atom is 0.231 e. The quantitative estimate of drug-likeness (QED) is 0.719. The molecule has 92 valence electrons. The van der Waals surface area contributed by atoms with Crippen LogP contribution in [-0.2, 0) is 6.42 Å². The molecular weight excluding hydrogens is 212 g/mol. The lowest BCUT2D eigenvalue weighted by Crippen LogP contribution is -2.03. The van der Waals surface area contributed by atoms with E-state index in [9.17, 15) is 0 Å². The van der Waals surface area contributed by atoms with Crippen molar-refractivity contribution in [1.29, 1.82) is 0 Å². The third-order valence-electron chi connectivity index (χ3n) is 3.94. The molecule has 2 heteroatoms. The van der Waals surface area contributed by atoms with Gasteiger partial charge in [0.05, 0.1) is 0 Å². The minimum Gasteiger partial charge on any atom is -0.454 e. The summed E-state index contributed by atoms with van der Waals surface area (Å²) in [7, 11) is 0. The van der Waals surface area contributed by atoms with Gasteiger partial charge < -0.3 is 9.47 Å². The third-order valence-corrected chi connectivity index (χ3v) is 3.94. The van der Waals surface area contributed by atoms with Gasteiger partial charge in [-0.15, -0.1) is 0 Å².